The van der Waals surface area contributed by atoms with E-state index >= 15 is 0 Å². The number of piperidine rings is 1. The molecule has 3 unspecified atom stereocenters. The molecule has 0 aromatic rings. The van der Waals surface area contributed by atoms with Crippen LogP contribution in [-0.4, -0.2) is 37.1 Å². The van der Waals surface area contributed by atoms with Gasteiger partial charge in [0.15, 0.2) is 0 Å². The van der Waals surface area contributed by atoms with Gasteiger partial charge in [-0.3, -0.25) is 0 Å². The number of nitrogens with zero attached hydrogens (tertiary/aromatic N) is 1. The van der Waals surface area contributed by atoms with Crippen molar-refractivity contribution in [3.8, 4) is 0 Å². The predicted molar refractivity (Wildman–Crippen MR) is 65.0 cm³/mol. The van der Waals surface area contributed by atoms with Gasteiger partial charge in [0.2, 0.25) is 0 Å². The van der Waals surface area contributed by atoms with Crippen molar-refractivity contribution >= 4 is 0 Å². The summed E-state index contributed by atoms with van der Waals surface area (Å²) >= 11 is 0. The van der Waals surface area contributed by atoms with Gasteiger partial charge in [0.05, 0.1) is 0 Å². The summed E-state index contributed by atoms with van der Waals surface area (Å²) < 4.78 is 0. The lowest BCUT2D eigenvalue weighted by molar-refractivity contribution is 0.0711. The Balaban J connectivity index is 1.77. The molecule has 2 heterocycles. The Morgan fingerprint density at radius 3 is 2.53 bits per heavy atom. The van der Waals surface area contributed by atoms with Gasteiger partial charge in [-0.05, 0) is 57.2 Å². The van der Waals surface area contributed by atoms with E-state index in [1.165, 1.54) is 39.0 Å². The van der Waals surface area contributed by atoms with E-state index in [4.69, 9.17) is 0 Å². The number of likely N-dealkylation sites (tertiary alicyclic amines) is 1. The summed E-state index contributed by atoms with van der Waals surface area (Å²) in [5.41, 5.74) is 0. The topological polar surface area (TPSA) is 15.3 Å². The van der Waals surface area contributed by atoms with Crippen LogP contribution < -0.4 is 5.32 Å². The Kier molecular flexibility index (Phi) is 3.68. The van der Waals surface area contributed by atoms with Gasteiger partial charge in [0, 0.05) is 12.6 Å². The van der Waals surface area contributed by atoms with Crippen LogP contribution in [0.3, 0.4) is 0 Å². The lowest BCUT2D eigenvalue weighted by Crippen LogP contribution is -2.48. The molecule has 2 nitrogen and oxygen atoms in total. The maximum absolute atomic E-state index is 3.36. The molecular weight excluding hydrogens is 184 g/mol. The average Bonchev–Trinajstić information content (AvgIpc) is 2.10. The Morgan fingerprint density at radius 2 is 1.93 bits per heavy atom. The van der Waals surface area contributed by atoms with Crippen molar-refractivity contribution in [1.82, 2.24) is 10.2 Å². The van der Waals surface area contributed by atoms with Gasteiger partial charge in [-0.1, -0.05) is 13.8 Å². The molecule has 0 amide bonds. The van der Waals surface area contributed by atoms with Gasteiger partial charge in [-0.2, -0.15) is 0 Å². The van der Waals surface area contributed by atoms with E-state index in [2.05, 4.69) is 31.0 Å². The number of hydrogen-bond donors (Lipinski definition) is 1. The van der Waals surface area contributed by atoms with Crippen molar-refractivity contribution in [3.63, 3.8) is 0 Å². The molecule has 0 spiro atoms. The van der Waals surface area contributed by atoms with E-state index in [-0.39, 0.29) is 0 Å². The first kappa shape index (κ1) is 11.4. The normalized spacial score (nSPS) is 39.0. The zero-order valence-electron chi connectivity index (χ0n) is 10.5. The highest BCUT2D eigenvalue weighted by Crippen LogP contribution is 2.27. The molecule has 2 rings (SSSR count). The van der Waals surface area contributed by atoms with Crippen molar-refractivity contribution in [2.75, 3.05) is 26.2 Å². The number of nitrogens with one attached hydrogen (secondary N) is 1. The van der Waals surface area contributed by atoms with Crippen LogP contribution in [0.5, 0.6) is 0 Å². The Labute approximate surface area is 94.4 Å². The van der Waals surface area contributed by atoms with Crippen LogP contribution in [0.4, 0.5) is 0 Å². The number of rotatable bonds is 3. The summed E-state index contributed by atoms with van der Waals surface area (Å²) in [6.07, 6.45) is 2.82. The predicted octanol–water partition coefficient (Wildman–Crippen LogP) is 1.96. The Morgan fingerprint density at radius 1 is 1.20 bits per heavy atom. The molecule has 0 radical (unpaired) electrons. The lowest BCUT2D eigenvalue weighted by atomic mass is 9.85. The van der Waals surface area contributed by atoms with Crippen LogP contribution in [0.15, 0.2) is 0 Å². The van der Waals surface area contributed by atoms with Crippen LogP contribution in [-0.2, 0) is 0 Å². The third-order valence-electron chi connectivity index (χ3n) is 4.41. The summed E-state index contributed by atoms with van der Waals surface area (Å²) in [7, 11) is 0. The summed E-state index contributed by atoms with van der Waals surface area (Å²) in [4.78, 5) is 2.72. The van der Waals surface area contributed by atoms with Crippen LogP contribution in [0.25, 0.3) is 0 Å². The lowest BCUT2D eigenvalue weighted by Gasteiger charge is -2.42. The third kappa shape index (κ3) is 2.73. The molecule has 2 saturated heterocycles. The van der Waals surface area contributed by atoms with Gasteiger partial charge in [-0.25, -0.2) is 0 Å². The second-order valence-corrected chi connectivity index (χ2v) is 5.87. The SMILES string of the molecule is CC1CC(C)C(C)N(CCC2CNC2)C1. The van der Waals surface area contributed by atoms with Crippen molar-refractivity contribution in [2.24, 2.45) is 17.8 Å². The molecule has 2 heteroatoms. The minimum absolute atomic E-state index is 0.800. The van der Waals surface area contributed by atoms with Crippen molar-refractivity contribution in [1.29, 1.82) is 0 Å². The molecule has 2 aliphatic rings. The summed E-state index contributed by atoms with van der Waals surface area (Å²) in [5.74, 6) is 2.74. The molecule has 2 fully saturated rings. The zero-order valence-corrected chi connectivity index (χ0v) is 10.5. The van der Waals surface area contributed by atoms with Crippen LogP contribution in [0.1, 0.15) is 33.6 Å². The first-order valence-corrected chi connectivity index (χ1v) is 6.61. The van der Waals surface area contributed by atoms with E-state index < -0.39 is 0 Å². The van der Waals surface area contributed by atoms with E-state index in [9.17, 15) is 0 Å². The minimum Gasteiger partial charge on any atom is -0.316 e. The van der Waals surface area contributed by atoms with Crippen molar-refractivity contribution < 1.29 is 0 Å². The van der Waals surface area contributed by atoms with Gasteiger partial charge in [-0.15, -0.1) is 0 Å². The first-order chi connectivity index (χ1) is 7.16. The second kappa shape index (κ2) is 4.84. The van der Waals surface area contributed by atoms with E-state index in [0.29, 0.717) is 0 Å². The Hall–Kier alpha value is -0.0800. The molecular formula is C13H26N2. The molecule has 0 aromatic heterocycles. The van der Waals surface area contributed by atoms with Crippen molar-refractivity contribution in [2.45, 2.75) is 39.7 Å². The molecule has 88 valence electrons. The van der Waals surface area contributed by atoms with Crippen LogP contribution in [0.2, 0.25) is 0 Å². The summed E-state index contributed by atoms with van der Waals surface area (Å²) in [6, 6.07) is 0.800. The van der Waals surface area contributed by atoms with E-state index in [1.54, 1.807) is 0 Å². The zero-order chi connectivity index (χ0) is 10.8. The van der Waals surface area contributed by atoms with Gasteiger partial charge >= 0.3 is 0 Å². The highest BCUT2D eigenvalue weighted by molar-refractivity contribution is 4.83. The fraction of sp³-hybridized carbons (Fsp3) is 1.00. The average molecular weight is 210 g/mol. The quantitative estimate of drug-likeness (QED) is 0.766. The third-order valence-corrected chi connectivity index (χ3v) is 4.41. The first-order valence-electron chi connectivity index (χ1n) is 6.61. The monoisotopic (exact) mass is 210 g/mol. The molecule has 15 heavy (non-hydrogen) atoms. The fourth-order valence-corrected chi connectivity index (χ4v) is 3.03. The van der Waals surface area contributed by atoms with Gasteiger partial charge < -0.3 is 10.2 Å². The minimum atomic E-state index is 0.800. The smallest absolute Gasteiger partial charge is 0.00927 e. The molecule has 0 saturated carbocycles. The highest BCUT2D eigenvalue weighted by Gasteiger charge is 2.29. The molecule has 0 aliphatic carbocycles. The maximum atomic E-state index is 3.36. The van der Waals surface area contributed by atoms with Crippen LogP contribution in [0, 0.1) is 17.8 Å². The fourth-order valence-electron chi connectivity index (χ4n) is 3.03. The van der Waals surface area contributed by atoms with Gasteiger partial charge in [0.1, 0.15) is 0 Å². The summed E-state index contributed by atoms with van der Waals surface area (Å²) in [5, 5.41) is 3.36. The highest BCUT2D eigenvalue weighted by atomic mass is 15.2. The second-order valence-electron chi connectivity index (χ2n) is 5.87. The van der Waals surface area contributed by atoms with Crippen LogP contribution >= 0.6 is 0 Å². The standard InChI is InChI=1S/C13H26N2/c1-10-6-11(2)12(3)15(9-10)5-4-13-7-14-8-13/h10-14H,4-9H2,1-3H3. The molecule has 3 atom stereocenters. The molecule has 0 bridgehead atoms. The van der Waals surface area contributed by atoms with E-state index in [0.717, 1.165) is 23.8 Å². The Bertz CT molecular complexity index is 201. The largest absolute Gasteiger partial charge is 0.316 e. The maximum Gasteiger partial charge on any atom is 0.00927 e. The summed E-state index contributed by atoms with van der Waals surface area (Å²) in [6.45, 7) is 12.4. The molecule has 2 aliphatic heterocycles. The molecule has 1 N–H and O–H groups in total. The number of hydrogen-bond acceptors (Lipinski definition) is 2. The van der Waals surface area contributed by atoms with E-state index in [1.807, 2.05) is 0 Å². The molecule has 0 aromatic carbocycles. The van der Waals surface area contributed by atoms with Gasteiger partial charge in [0.25, 0.3) is 0 Å². The van der Waals surface area contributed by atoms with Crippen molar-refractivity contribution in [3.05, 3.63) is 0 Å².